The first-order valence-corrected chi connectivity index (χ1v) is 5.66. The molecule has 1 aromatic heterocycles. The Morgan fingerprint density at radius 1 is 1.38 bits per heavy atom. The summed E-state index contributed by atoms with van der Waals surface area (Å²) in [6, 6.07) is 7.70. The normalized spacial score (nSPS) is 10.6. The van der Waals surface area contributed by atoms with Crippen LogP contribution in [-0.4, -0.2) is 17.4 Å². The van der Waals surface area contributed by atoms with Gasteiger partial charge in [-0.2, -0.15) is 0 Å². The molecule has 0 unspecified atom stereocenters. The average molecular weight is 216 g/mol. The van der Waals surface area contributed by atoms with Crippen molar-refractivity contribution >= 4 is 16.8 Å². The van der Waals surface area contributed by atoms with Crippen LogP contribution in [0.1, 0.15) is 30.1 Å². The number of carbonyl (C=O) groups is 1. The molecule has 0 aliphatic carbocycles. The Morgan fingerprint density at radius 3 is 3.06 bits per heavy atom. The lowest BCUT2D eigenvalue weighted by atomic mass is 10.1. The lowest BCUT2D eigenvalue weighted by Gasteiger charge is -2.04. The van der Waals surface area contributed by atoms with Crippen molar-refractivity contribution < 1.29 is 4.79 Å². The Kier molecular flexibility index (Phi) is 3.25. The number of benzene rings is 1. The second-order valence-corrected chi connectivity index (χ2v) is 3.89. The summed E-state index contributed by atoms with van der Waals surface area (Å²) in [7, 11) is 0. The van der Waals surface area contributed by atoms with E-state index in [1.807, 2.05) is 30.5 Å². The third kappa shape index (κ3) is 2.24. The maximum Gasteiger partial charge on any atom is 0.251 e. The van der Waals surface area contributed by atoms with E-state index in [4.69, 9.17) is 0 Å². The molecular formula is C13H16N2O. The van der Waals surface area contributed by atoms with Gasteiger partial charge in [0.05, 0.1) is 0 Å². The number of aromatic amines is 1. The molecule has 2 aromatic rings. The van der Waals surface area contributed by atoms with E-state index in [0.29, 0.717) is 5.56 Å². The largest absolute Gasteiger partial charge is 0.361 e. The SMILES string of the molecule is CCCCNC(=O)c1ccc2cc[nH]c2c1. The maximum atomic E-state index is 11.8. The standard InChI is InChI=1S/C13H16N2O/c1-2-3-7-15-13(16)11-5-4-10-6-8-14-12(10)9-11/h4-6,8-9,14H,2-3,7H2,1H3,(H,15,16). The molecule has 84 valence electrons. The van der Waals surface area contributed by atoms with Gasteiger partial charge in [0.15, 0.2) is 0 Å². The number of nitrogens with one attached hydrogen (secondary N) is 2. The Bertz CT molecular complexity index is 487. The molecule has 0 radical (unpaired) electrons. The highest BCUT2D eigenvalue weighted by Crippen LogP contribution is 2.13. The van der Waals surface area contributed by atoms with Crippen molar-refractivity contribution in [2.45, 2.75) is 19.8 Å². The Labute approximate surface area is 94.9 Å². The highest BCUT2D eigenvalue weighted by atomic mass is 16.1. The van der Waals surface area contributed by atoms with Crippen molar-refractivity contribution in [2.24, 2.45) is 0 Å². The van der Waals surface area contributed by atoms with Crippen LogP contribution in [0.15, 0.2) is 30.5 Å². The van der Waals surface area contributed by atoms with Gasteiger partial charge in [-0.25, -0.2) is 0 Å². The van der Waals surface area contributed by atoms with Gasteiger partial charge < -0.3 is 10.3 Å². The van der Waals surface area contributed by atoms with Crippen LogP contribution in [0.3, 0.4) is 0 Å². The predicted molar refractivity (Wildman–Crippen MR) is 65.5 cm³/mol. The summed E-state index contributed by atoms with van der Waals surface area (Å²) in [5, 5.41) is 4.03. The lowest BCUT2D eigenvalue weighted by Crippen LogP contribution is -2.24. The number of hydrogen-bond acceptors (Lipinski definition) is 1. The highest BCUT2D eigenvalue weighted by Gasteiger charge is 2.05. The van der Waals surface area contributed by atoms with Crippen LogP contribution < -0.4 is 5.32 Å². The third-order valence-electron chi connectivity index (χ3n) is 2.63. The van der Waals surface area contributed by atoms with Crippen LogP contribution in [0.25, 0.3) is 10.9 Å². The molecule has 0 spiro atoms. The van der Waals surface area contributed by atoms with E-state index in [2.05, 4.69) is 17.2 Å². The Morgan fingerprint density at radius 2 is 2.25 bits per heavy atom. The first-order valence-electron chi connectivity index (χ1n) is 5.66. The van der Waals surface area contributed by atoms with E-state index in [0.717, 1.165) is 30.3 Å². The fraction of sp³-hybridized carbons (Fsp3) is 0.308. The first-order chi connectivity index (χ1) is 7.81. The molecule has 0 aliphatic heterocycles. The van der Waals surface area contributed by atoms with E-state index in [-0.39, 0.29) is 5.91 Å². The van der Waals surface area contributed by atoms with Gasteiger partial charge in [-0.05, 0) is 30.0 Å². The minimum Gasteiger partial charge on any atom is -0.361 e. The van der Waals surface area contributed by atoms with E-state index < -0.39 is 0 Å². The topological polar surface area (TPSA) is 44.9 Å². The summed E-state index contributed by atoms with van der Waals surface area (Å²) in [5.74, 6) is 0.00458. The minimum absolute atomic E-state index is 0.00458. The molecule has 1 aromatic carbocycles. The summed E-state index contributed by atoms with van der Waals surface area (Å²) in [6.07, 6.45) is 4.00. The van der Waals surface area contributed by atoms with Crippen LogP contribution in [-0.2, 0) is 0 Å². The van der Waals surface area contributed by atoms with Crippen LogP contribution in [0.5, 0.6) is 0 Å². The molecule has 2 rings (SSSR count). The van der Waals surface area contributed by atoms with Gasteiger partial charge in [0.1, 0.15) is 0 Å². The number of aromatic nitrogens is 1. The quantitative estimate of drug-likeness (QED) is 0.758. The molecule has 0 saturated carbocycles. The molecule has 1 amide bonds. The minimum atomic E-state index is 0.00458. The fourth-order valence-corrected chi connectivity index (χ4v) is 1.67. The van der Waals surface area contributed by atoms with Gasteiger partial charge >= 0.3 is 0 Å². The van der Waals surface area contributed by atoms with Gasteiger partial charge in [0.2, 0.25) is 0 Å². The zero-order valence-corrected chi connectivity index (χ0v) is 9.42. The molecule has 2 N–H and O–H groups in total. The summed E-state index contributed by atoms with van der Waals surface area (Å²) in [6.45, 7) is 2.86. The molecule has 0 fully saturated rings. The van der Waals surface area contributed by atoms with E-state index in [1.54, 1.807) is 0 Å². The Hall–Kier alpha value is -1.77. The summed E-state index contributed by atoms with van der Waals surface area (Å²) in [4.78, 5) is 14.9. The monoisotopic (exact) mass is 216 g/mol. The predicted octanol–water partition coefficient (Wildman–Crippen LogP) is 2.70. The molecule has 0 atom stereocenters. The second-order valence-electron chi connectivity index (χ2n) is 3.89. The first kappa shape index (κ1) is 10.7. The number of fused-ring (bicyclic) bond motifs is 1. The summed E-state index contributed by atoms with van der Waals surface area (Å²) >= 11 is 0. The third-order valence-corrected chi connectivity index (χ3v) is 2.63. The molecule has 3 nitrogen and oxygen atoms in total. The maximum absolute atomic E-state index is 11.8. The molecule has 0 saturated heterocycles. The lowest BCUT2D eigenvalue weighted by molar-refractivity contribution is 0.0953. The second kappa shape index (κ2) is 4.84. The number of hydrogen-bond donors (Lipinski definition) is 2. The molecule has 1 heterocycles. The van der Waals surface area contributed by atoms with Crippen molar-refractivity contribution in [1.82, 2.24) is 10.3 Å². The molecule has 0 bridgehead atoms. The zero-order chi connectivity index (χ0) is 11.4. The molecule has 0 aliphatic rings. The van der Waals surface area contributed by atoms with Crippen molar-refractivity contribution in [2.75, 3.05) is 6.54 Å². The van der Waals surface area contributed by atoms with Gasteiger partial charge in [0, 0.05) is 23.8 Å². The van der Waals surface area contributed by atoms with E-state index in [1.165, 1.54) is 0 Å². The van der Waals surface area contributed by atoms with E-state index >= 15 is 0 Å². The van der Waals surface area contributed by atoms with Gasteiger partial charge in [-0.1, -0.05) is 19.4 Å². The van der Waals surface area contributed by atoms with Crippen LogP contribution in [0, 0.1) is 0 Å². The van der Waals surface area contributed by atoms with Crippen molar-refractivity contribution in [3.8, 4) is 0 Å². The number of H-pyrrole nitrogens is 1. The van der Waals surface area contributed by atoms with Crippen LogP contribution in [0.2, 0.25) is 0 Å². The van der Waals surface area contributed by atoms with Gasteiger partial charge in [-0.15, -0.1) is 0 Å². The highest BCUT2D eigenvalue weighted by molar-refractivity contribution is 5.97. The average Bonchev–Trinajstić information content (AvgIpc) is 2.76. The fourth-order valence-electron chi connectivity index (χ4n) is 1.67. The van der Waals surface area contributed by atoms with Gasteiger partial charge in [0.25, 0.3) is 5.91 Å². The van der Waals surface area contributed by atoms with Crippen LogP contribution >= 0.6 is 0 Å². The summed E-state index contributed by atoms with van der Waals surface area (Å²) < 4.78 is 0. The number of carbonyl (C=O) groups excluding carboxylic acids is 1. The van der Waals surface area contributed by atoms with Crippen molar-refractivity contribution in [3.05, 3.63) is 36.0 Å². The number of unbranched alkanes of at least 4 members (excludes halogenated alkanes) is 1. The van der Waals surface area contributed by atoms with Gasteiger partial charge in [-0.3, -0.25) is 4.79 Å². The summed E-state index contributed by atoms with van der Waals surface area (Å²) in [5.41, 5.74) is 1.72. The smallest absolute Gasteiger partial charge is 0.251 e. The molecular weight excluding hydrogens is 200 g/mol. The van der Waals surface area contributed by atoms with Crippen molar-refractivity contribution in [3.63, 3.8) is 0 Å². The molecule has 3 heteroatoms. The number of amides is 1. The van der Waals surface area contributed by atoms with E-state index in [9.17, 15) is 4.79 Å². The van der Waals surface area contributed by atoms with Crippen LogP contribution in [0.4, 0.5) is 0 Å². The molecule has 16 heavy (non-hydrogen) atoms. The van der Waals surface area contributed by atoms with Crippen molar-refractivity contribution in [1.29, 1.82) is 0 Å². The zero-order valence-electron chi connectivity index (χ0n) is 9.42. The Balaban J connectivity index is 2.10. The number of rotatable bonds is 4.